The Balaban J connectivity index is 2.28. The molecule has 0 aliphatic heterocycles. The largest absolute Gasteiger partial charge is 0.462 e. The van der Waals surface area contributed by atoms with Crippen LogP contribution in [0.15, 0.2) is 18.5 Å². The van der Waals surface area contributed by atoms with Crippen LogP contribution in [-0.2, 0) is 16.1 Å². The number of hydrogen-bond acceptors (Lipinski definition) is 5. The van der Waals surface area contributed by atoms with E-state index in [0.717, 1.165) is 77.5 Å². The molecule has 1 rings (SSSR count). The molecule has 0 spiro atoms. The molecule has 0 fully saturated rings. The normalized spacial score (nSPS) is 12.4. The molecule has 1 unspecified atom stereocenters. The fourth-order valence-electron chi connectivity index (χ4n) is 7.17. The summed E-state index contributed by atoms with van der Waals surface area (Å²) in [7, 11) is 0. The van der Waals surface area contributed by atoms with Crippen molar-refractivity contribution in [1.29, 1.82) is 0 Å². The van der Waals surface area contributed by atoms with Crippen LogP contribution in [0.1, 0.15) is 220 Å². The second-order valence-electron chi connectivity index (χ2n) is 15.4. The van der Waals surface area contributed by atoms with E-state index in [4.69, 9.17) is 4.74 Å². The molecule has 0 aliphatic rings. The number of carbonyl (C=O) groups is 1. The minimum Gasteiger partial charge on any atom is -0.462 e. The minimum atomic E-state index is -0.251. The van der Waals surface area contributed by atoms with Crippen LogP contribution in [0.3, 0.4) is 0 Å². The number of ether oxygens (including phenoxy) is 1. The van der Waals surface area contributed by atoms with Crippen LogP contribution >= 0.6 is 0 Å². The summed E-state index contributed by atoms with van der Waals surface area (Å²) < 4.78 is 8.04. The lowest BCUT2D eigenvalue weighted by Crippen LogP contribution is -2.35. The van der Waals surface area contributed by atoms with Crippen molar-refractivity contribution >= 4 is 5.97 Å². The standard InChI is InChI=1S/C44H85N3O3/c1-4-7-10-13-16-17-18-19-21-26-32-42(48)41-46(39-40-47-38-31-36-45-47)37-30-25-20-24-29-35-44(49)50-43(33-27-22-14-11-8-5-2)34-28-23-15-12-9-6-3/h31,36,38,42-43,48H,4-30,32-35,37,39-41H2,1-3H3. The van der Waals surface area contributed by atoms with Gasteiger partial charge in [-0.05, 0) is 57.6 Å². The Morgan fingerprint density at radius 1 is 0.620 bits per heavy atom. The first-order chi connectivity index (χ1) is 24.6. The topological polar surface area (TPSA) is 67.6 Å². The lowest BCUT2D eigenvalue weighted by Gasteiger charge is -2.25. The summed E-state index contributed by atoms with van der Waals surface area (Å²) >= 11 is 0. The Kier molecular flexibility index (Phi) is 33.5. The Morgan fingerprint density at radius 3 is 1.58 bits per heavy atom. The van der Waals surface area contributed by atoms with E-state index in [1.165, 1.54) is 141 Å². The van der Waals surface area contributed by atoms with Crippen LogP contribution < -0.4 is 0 Å². The predicted octanol–water partition coefficient (Wildman–Crippen LogP) is 12.6. The average Bonchev–Trinajstić information content (AvgIpc) is 3.64. The van der Waals surface area contributed by atoms with Gasteiger partial charge in [0.25, 0.3) is 0 Å². The maximum absolute atomic E-state index is 12.8. The zero-order chi connectivity index (χ0) is 36.2. The van der Waals surface area contributed by atoms with Gasteiger partial charge in [-0.3, -0.25) is 14.4 Å². The van der Waals surface area contributed by atoms with Crippen molar-refractivity contribution in [2.24, 2.45) is 0 Å². The first-order valence-electron chi connectivity index (χ1n) is 22.2. The number of hydrogen-bond donors (Lipinski definition) is 1. The van der Waals surface area contributed by atoms with Crippen molar-refractivity contribution in [2.75, 3.05) is 19.6 Å². The van der Waals surface area contributed by atoms with E-state index in [2.05, 4.69) is 30.8 Å². The van der Waals surface area contributed by atoms with Gasteiger partial charge in [0.1, 0.15) is 6.10 Å². The maximum Gasteiger partial charge on any atom is 0.306 e. The van der Waals surface area contributed by atoms with Crippen LogP contribution in [0.4, 0.5) is 0 Å². The lowest BCUT2D eigenvalue weighted by molar-refractivity contribution is -0.150. The summed E-state index contributed by atoms with van der Waals surface area (Å²) in [6, 6.07) is 1.98. The van der Waals surface area contributed by atoms with Crippen LogP contribution in [0.25, 0.3) is 0 Å². The third-order valence-electron chi connectivity index (χ3n) is 10.5. The van der Waals surface area contributed by atoms with E-state index < -0.39 is 0 Å². The lowest BCUT2D eigenvalue weighted by atomic mass is 10.0. The van der Waals surface area contributed by atoms with Gasteiger partial charge in [-0.2, -0.15) is 5.10 Å². The number of aliphatic hydroxyl groups is 1. The molecule has 0 radical (unpaired) electrons. The van der Waals surface area contributed by atoms with E-state index in [1.807, 2.05) is 23.1 Å². The zero-order valence-corrected chi connectivity index (χ0v) is 33.7. The van der Waals surface area contributed by atoms with Gasteiger partial charge in [0.15, 0.2) is 0 Å². The highest BCUT2D eigenvalue weighted by Gasteiger charge is 2.15. The van der Waals surface area contributed by atoms with Crippen molar-refractivity contribution in [1.82, 2.24) is 14.7 Å². The molecule has 50 heavy (non-hydrogen) atoms. The Labute approximate surface area is 311 Å². The molecule has 1 aromatic heterocycles. The Morgan fingerprint density at radius 2 is 1.08 bits per heavy atom. The van der Waals surface area contributed by atoms with Gasteiger partial charge in [-0.15, -0.1) is 0 Å². The molecular weight excluding hydrogens is 619 g/mol. The Bertz CT molecular complexity index is 801. The molecule has 294 valence electrons. The number of aliphatic hydroxyl groups excluding tert-OH is 1. The molecule has 0 bridgehead atoms. The molecule has 1 aromatic rings. The van der Waals surface area contributed by atoms with Gasteiger partial charge in [0, 0.05) is 31.9 Å². The van der Waals surface area contributed by atoms with Gasteiger partial charge in [0.05, 0.1) is 12.6 Å². The minimum absolute atomic E-state index is 0.0214. The van der Waals surface area contributed by atoms with Gasteiger partial charge >= 0.3 is 5.97 Å². The van der Waals surface area contributed by atoms with E-state index in [-0.39, 0.29) is 18.2 Å². The highest BCUT2D eigenvalue weighted by molar-refractivity contribution is 5.69. The highest BCUT2D eigenvalue weighted by atomic mass is 16.5. The van der Waals surface area contributed by atoms with Gasteiger partial charge < -0.3 is 9.84 Å². The van der Waals surface area contributed by atoms with Gasteiger partial charge in [0.2, 0.25) is 0 Å². The molecule has 0 aliphatic carbocycles. The zero-order valence-electron chi connectivity index (χ0n) is 33.7. The number of rotatable bonds is 39. The summed E-state index contributed by atoms with van der Waals surface area (Å²) in [6.07, 6.45) is 41.5. The molecule has 0 aromatic carbocycles. The quantitative estimate of drug-likeness (QED) is 0.0546. The summed E-state index contributed by atoms with van der Waals surface area (Å²) in [5, 5.41) is 15.2. The van der Waals surface area contributed by atoms with Crippen molar-refractivity contribution < 1.29 is 14.6 Å². The number of unbranched alkanes of at least 4 members (excludes halogenated alkanes) is 23. The fraction of sp³-hybridized carbons (Fsp3) is 0.909. The molecule has 0 saturated heterocycles. The highest BCUT2D eigenvalue weighted by Crippen LogP contribution is 2.19. The molecule has 1 heterocycles. The van der Waals surface area contributed by atoms with Crippen LogP contribution in [0.5, 0.6) is 0 Å². The molecule has 1 N–H and O–H groups in total. The second kappa shape index (κ2) is 36.0. The van der Waals surface area contributed by atoms with E-state index in [1.54, 1.807) is 0 Å². The van der Waals surface area contributed by atoms with Gasteiger partial charge in [-0.25, -0.2) is 0 Å². The van der Waals surface area contributed by atoms with Crippen LogP contribution in [-0.4, -0.2) is 57.6 Å². The predicted molar refractivity (Wildman–Crippen MR) is 215 cm³/mol. The third-order valence-corrected chi connectivity index (χ3v) is 10.5. The fourth-order valence-corrected chi connectivity index (χ4v) is 7.17. The molecule has 6 nitrogen and oxygen atoms in total. The smallest absolute Gasteiger partial charge is 0.306 e. The first kappa shape index (κ1) is 46.6. The number of esters is 1. The summed E-state index contributed by atoms with van der Waals surface area (Å²) in [6.45, 7) is 10.4. The number of carbonyl (C=O) groups excluding carboxylic acids is 1. The Hall–Kier alpha value is -1.40. The number of nitrogens with zero attached hydrogens (tertiary/aromatic N) is 3. The molecule has 0 amide bonds. The monoisotopic (exact) mass is 704 g/mol. The SMILES string of the molecule is CCCCCCCCCCCCC(O)CN(CCCCCCCC(=O)OC(CCCCCCCC)CCCCCCCC)CCn1cccn1. The third kappa shape index (κ3) is 30.2. The maximum atomic E-state index is 12.8. The van der Waals surface area contributed by atoms with Crippen LogP contribution in [0.2, 0.25) is 0 Å². The van der Waals surface area contributed by atoms with E-state index >= 15 is 0 Å². The van der Waals surface area contributed by atoms with Crippen molar-refractivity contribution in [2.45, 2.75) is 239 Å². The molecule has 1 atom stereocenters. The van der Waals surface area contributed by atoms with E-state index in [0.29, 0.717) is 6.42 Å². The number of aromatic nitrogens is 2. The molecule has 6 heteroatoms. The van der Waals surface area contributed by atoms with Crippen molar-refractivity contribution in [3.63, 3.8) is 0 Å². The van der Waals surface area contributed by atoms with Gasteiger partial charge in [-0.1, -0.05) is 168 Å². The summed E-state index contributed by atoms with van der Waals surface area (Å²) in [4.78, 5) is 15.2. The van der Waals surface area contributed by atoms with E-state index in [9.17, 15) is 9.90 Å². The molecular formula is C44H85N3O3. The van der Waals surface area contributed by atoms with Crippen molar-refractivity contribution in [3.8, 4) is 0 Å². The first-order valence-corrected chi connectivity index (χ1v) is 22.2. The molecule has 0 saturated carbocycles. The van der Waals surface area contributed by atoms with Crippen molar-refractivity contribution in [3.05, 3.63) is 18.5 Å². The summed E-state index contributed by atoms with van der Waals surface area (Å²) in [5.41, 5.74) is 0. The average molecular weight is 704 g/mol. The second-order valence-corrected chi connectivity index (χ2v) is 15.4. The van der Waals surface area contributed by atoms with Crippen LogP contribution in [0, 0.1) is 0 Å². The summed E-state index contributed by atoms with van der Waals surface area (Å²) in [5.74, 6) is 0.0214.